The fraction of sp³-hybridized carbons (Fsp3) is 0.412. The van der Waals surface area contributed by atoms with E-state index in [1.807, 2.05) is 19.3 Å². The van der Waals surface area contributed by atoms with Crippen LogP contribution in [0, 0.1) is 13.8 Å². The largest absolute Gasteiger partial charge is 0.355 e. The highest BCUT2D eigenvalue weighted by Gasteiger charge is 2.22. The zero-order chi connectivity index (χ0) is 13.9. The van der Waals surface area contributed by atoms with Gasteiger partial charge in [-0.1, -0.05) is 24.3 Å². The van der Waals surface area contributed by atoms with Crippen molar-refractivity contribution in [1.29, 1.82) is 0 Å². The average Bonchev–Trinajstić information content (AvgIpc) is 2.48. The van der Waals surface area contributed by atoms with Crippen molar-refractivity contribution >= 4 is 5.82 Å². The number of aromatic nitrogens is 2. The molecule has 104 valence electrons. The number of rotatable bonds is 2. The molecule has 20 heavy (non-hydrogen) atoms. The number of benzene rings is 1. The van der Waals surface area contributed by atoms with Gasteiger partial charge in [-0.05, 0) is 43.7 Å². The molecule has 0 unspecified atom stereocenters. The lowest BCUT2D eigenvalue weighted by Gasteiger charge is -2.33. The summed E-state index contributed by atoms with van der Waals surface area (Å²) in [5.41, 5.74) is 3.92. The first-order valence-corrected chi connectivity index (χ1v) is 7.33. The van der Waals surface area contributed by atoms with Crippen LogP contribution >= 0.6 is 0 Å². The van der Waals surface area contributed by atoms with Gasteiger partial charge in [0.15, 0.2) is 0 Å². The lowest BCUT2D eigenvalue weighted by molar-refractivity contribution is 0.500. The molecule has 0 radical (unpaired) electrons. The van der Waals surface area contributed by atoms with Gasteiger partial charge < -0.3 is 4.90 Å². The Balaban J connectivity index is 1.70. The Hall–Kier alpha value is -1.90. The van der Waals surface area contributed by atoms with Gasteiger partial charge in [0.25, 0.3) is 0 Å². The topological polar surface area (TPSA) is 29.0 Å². The lowest BCUT2D eigenvalue weighted by atomic mass is 9.87. The van der Waals surface area contributed by atoms with Crippen molar-refractivity contribution < 1.29 is 0 Å². The van der Waals surface area contributed by atoms with Crippen LogP contribution < -0.4 is 4.90 Å². The molecule has 1 aromatic carbocycles. The Morgan fingerprint density at radius 1 is 1.05 bits per heavy atom. The van der Waals surface area contributed by atoms with E-state index < -0.39 is 0 Å². The molecule has 0 bridgehead atoms. The molecule has 1 fully saturated rings. The molecule has 0 saturated carbocycles. The van der Waals surface area contributed by atoms with Crippen molar-refractivity contribution in [2.24, 2.45) is 0 Å². The molecule has 0 spiro atoms. The predicted molar refractivity (Wildman–Crippen MR) is 82.1 cm³/mol. The van der Waals surface area contributed by atoms with Crippen LogP contribution in [0.15, 0.2) is 36.7 Å². The number of hydrogen-bond donors (Lipinski definition) is 0. The summed E-state index contributed by atoms with van der Waals surface area (Å²) < 4.78 is 0. The molecule has 3 rings (SSSR count). The Kier molecular flexibility index (Phi) is 3.68. The highest BCUT2D eigenvalue weighted by molar-refractivity contribution is 5.38. The second kappa shape index (κ2) is 5.61. The maximum absolute atomic E-state index is 4.58. The highest BCUT2D eigenvalue weighted by atomic mass is 15.2. The molecule has 0 aliphatic carbocycles. The minimum Gasteiger partial charge on any atom is -0.355 e. The summed E-state index contributed by atoms with van der Waals surface area (Å²) in [5.74, 6) is 1.71. The van der Waals surface area contributed by atoms with E-state index in [2.05, 4.69) is 46.1 Å². The molecular weight excluding hydrogens is 246 g/mol. The Labute approximate surface area is 120 Å². The van der Waals surface area contributed by atoms with Gasteiger partial charge in [-0.3, -0.25) is 4.98 Å². The summed E-state index contributed by atoms with van der Waals surface area (Å²) in [6.45, 7) is 6.35. The van der Waals surface area contributed by atoms with Gasteiger partial charge in [-0.25, -0.2) is 4.98 Å². The summed E-state index contributed by atoms with van der Waals surface area (Å²) in [4.78, 5) is 11.2. The predicted octanol–water partition coefficient (Wildman–Crippen LogP) is 3.48. The molecule has 3 nitrogen and oxygen atoms in total. The molecule has 0 N–H and O–H groups in total. The standard InChI is InChI=1S/C17H21N3/c1-13-5-3-4-6-16(13)15-7-9-20(10-8-15)17-12-18-11-14(2)19-17/h3-6,11-12,15H,7-10H2,1-2H3. The molecule has 0 atom stereocenters. The fourth-order valence-electron chi connectivity index (χ4n) is 3.07. The third-order valence-electron chi connectivity index (χ3n) is 4.19. The van der Waals surface area contributed by atoms with Crippen molar-refractivity contribution in [3.05, 3.63) is 53.5 Å². The maximum Gasteiger partial charge on any atom is 0.147 e. The molecule has 1 aromatic heterocycles. The third kappa shape index (κ3) is 2.67. The summed E-state index contributed by atoms with van der Waals surface area (Å²) in [7, 11) is 0. The van der Waals surface area contributed by atoms with E-state index in [1.54, 1.807) is 0 Å². The van der Waals surface area contributed by atoms with E-state index >= 15 is 0 Å². The number of aryl methyl sites for hydroxylation is 2. The van der Waals surface area contributed by atoms with Gasteiger partial charge in [0.1, 0.15) is 5.82 Å². The summed E-state index contributed by atoms with van der Waals surface area (Å²) in [5, 5.41) is 0. The van der Waals surface area contributed by atoms with E-state index in [-0.39, 0.29) is 0 Å². The van der Waals surface area contributed by atoms with Crippen LogP contribution in [-0.2, 0) is 0 Å². The number of hydrogen-bond acceptors (Lipinski definition) is 3. The van der Waals surface area contributed by atoms with E-state index in [9.17, 15) is 0 Å². The second-order valence-electron chi connectivity index (χ2n) is 5.64. The van der Waals surface area contributed by atoms with Crippen LogP contribution in [-0.4, -0.2) is 23.1 Å². The number of anilines is 1. The Morgan fingerprint density at radius 2 is 1.80 bits per heavy atom. The van der Waals surface area contributed by atoms with Crippen LogP contribution in [0.1, 0.15) is 35.6 Å². The van der Waals surface area contributed by atoms with Crippen LogP contribution in [0.25, 0.3) is 0 Å². The lowest BCUT2D eigenvalue weighted by Crippen LogP contribution is -2.33. The first kappa shape index (κ1) is 13.1. The van der Waals surface area contributed by atoms with Gasteiger partial charge in [0, 0.05) is 19.3 Å². The SMILES string of the molecule is Cc1cncc(N2CCC(c3ccccc3C)CC2)n1. The molecule has 1 aliphatic rings. The van der Waals surface area contributed by atoms with E-state index in [4.69, 9.17) is 0 Å². The Bertz CT molecular complexity index is 586. The molecule has 1 saturated heterocycles. The van der Waals surface area contributed by atoms with Gasteiger partial charge in [0.05, 0.1) is 11.9 Å². The van der Waals surface area contributed by atoms with Crippen molar-refractivity contribution in [2.75, 3.05) is 18.0 Å². The quantitative estimate of drug-likeness (QED) is 0.834. The zero-order valence-corrected chi connectivity index (χ0v) is 12.2. The van der Waals surface area contributed by atoms with Crippen molar-refractivity contribution in [3.63, 3.8) is 0 Å². The molecule has 0 amide bonds. The first-order chi connectivity index (χ1) is 9.74. The average molecular weight is 267 g/mol. The van der Waals surface area contributed by atoms with E-state index in [1.165, 1.54) is 24.0 Å². The van der Waals surface area contributed by atoms with Crippen molar-refractivity contribution in [3.8, 4) is 0 Å². The zero-order valence-electron chi connectivity index (χ0n) is 12.2. The minimum absolute atomic E-state index is 0.685. The monoisotopic (exact) mass is 267 g/mol. The molecule has 2 heterocycles. The highest BCUT2D eigenvalue weighted by Crippen LogP contribution is 2.31. The Morgan fingerprint density at radius 3 is 2.50 bits per heavy atom. The van der Waals surface area contributed by atoms with Crippen LogP contribution in [0.3, 0.4) is 0 Å². The maximum atomic E-state index is 4.58. The van der Waals surface area contributed by atoms with Crippen LogP contribution in [0.2, 0.25) is 0 Å². The van der Waals surface area contributed by atoms with Gasteiger partial charge >= 0.3 is 0 Å². The van der Waals surface area contributed by atoms with Gasteiger partial charge in [-0.2, -0.15) is 0 Å². The number of piperidine rings is 1. The van der Waals surface area contributed by atoms with E-state index in [0.717, 1.165) is 24.6 Å². The fourth-order valence-corrected chi connectivity index (χ4v) is 3.07. The number of nitrogens with zero attached hydrogens (tertiary/aromatic N) is 3. The second-order valence-corrected chi connectivity index (χ2v) is 5.64. The summed E-state index contributed by atoms with van der Waals surface area (Å²) in [6, 6.07) is 8.77. The molecular formula is C17H21N3. The molecule has 3 heteroatoms. The third-order valence-corrected chi connectivity index (χ3v) is 4.19. The first-order valence-electron chi connectivity index (χ1n) is 7.33. The normalized spacial score (nSPS) is 16.4. The van der Waals surface area contributed by atoms with Crippen molar-refractivity contribution in [1.82, 2.24) is 9.97 Å². The minimum atomic E-state index is 0.685. The molecule has 2 aromatic rings. The smallest absolute Gasteiger partial charge is 0.147 e. The summed E-state index contributed by atoms with van der Waals surface area (Å²) >= 11 is 0. The van der Waals surface area contributed by atoms with Crippen LogP contribution in [0.4, 0.5) is 5.82 Å². The van der Waals surface area contributed by atoms with Gasteiger partial charge in [-0.15, -0.1) is 0 Å². The van der Waals surface area contributed by atoms with Crippen LogP contribution in [0.5, 0.6) is 0 Å². The summed E-state index contributed by atoms with van der Waals surface area (Å²) in [6.07, 6.45) is 6.08. The molecule has 1 aliphatic heterocycles. The van der Waals surface area contributed by atoms with E-state index in [0.29, 0.717) is 5.92 Å². The van der Waals surface area contributed by atoms with Crippen molar-refractivity contribution in [2.45, 2.75) is 32.6 Å². The van der Waals surface area contributed by atoms with Gasteiger partial charge in [0.2, 0.25) is 0 Å².